The fourth-order valence-corrected chi connectivity index (χ4v) is 6.73. The van der Waals surface area contributed by atoms with Crippen LogP contribution in [0.3, 0.4) is 0 Å². The van der Waals surface area contributed by atoms with Crippen molar-refractivity contribution in [3.63, 3.8) is 0 Å². The lowest BCUT2D eigenvalue weighted by molar-refractivity contribution is 0.189. The van der Waals surface area contributed by atoms with Gasteiger partial charge in [0.2, 0.25) is 0 Å². The van der Waals surface area contributed by atoms with E-state index in [4.69, 9.17) is 9.72 Å². The minimum absolute atomic E-state index is 0.0911. The van der Waals surface area contributed by atoms with Crippen LogP contribution in [0.5, 0.6) is 0 Å². The van der Waals surface area contributed by atoms with Crippen LogP contribution in [0.4, 0.5) is 0 Å². The van der Waals surface area contributed by atoms with Crippen LogP contribution in [-0.4, -0.2) is 28.5 Å². The minimum atomic E-state index is 0.0911. The van der Waals surface area contributed by atoms with E-state index in [1.54, 1.807) is 23.1 Å². The molecule has 6 heteroatoms. The van der Waals surface area contributed by atoms with Gasteiger partial charge in [0.1, 0.15) is 4.83 Å². The summed E-state index contributed by atoms with van der Waals surface area (Å²) in [5.41, 5.74) is 2.24. The third-order valence-corrected chi connectivity index (χ3v) is 8.10. The van der Waals surface area contributed by atoms with Crippen molar-refractivity contribution in [2.45, 2.75) is 37.8 Å². The summed E-state index contributed by atoms with van der Waals surface area (Å²) in [6.45, 7) is 3.96. The summed E-state index contributed by atoms with van der Waals surface area (Å²) < 4.78 is 7.35. The highest BCUT2D eigenvalue weighted by molar-refractivity contribution is 7.99. The molecule has 1 aliphatic heterocycles. The summed E-state index contributed by atoms with van der Waals surface area (Å²) in [6.07, 6.45) is 4.31. The molecule has 146 valence electrons. The zero-order valence-electron chi connectivity index (χ0n) is 16.0. The molecule has 0 radical (unpaired) electrons. The summed E-state index contributed by atoms with van der Waals surface area (Å²) in [5.74, 6) is 2.17. The van der Waals surface area contributed by atoms with E-state index in [1.165, 1.54) is 10.4 Å². The van der Waals surface area contributed by atoms with E-state index in [9.17, 15) is 4.79 Å². The quantitative estimate of drug-likeness (QED) is 0.460. The molecule has 2 aromatic heterocycles. The Morgan fingerprint density at radius 3 is 2.93 bits per heavy atom. The van der Waals surface area contributed by atoms with E-state index < -0.39 is 0 Å². The number of hydrogen-bond acceptors (Lipinski definition) is 5. The molecule has 1 aliphatic carbocycles. The fourth-order valence-electron chi connectivity index (χ4n) is 4.18. The first kappa shape index (κ1) is 18.4. The Bertz CT molecular complexity index is 1050. The molecule has 1 aromatic carbocycles. The number of rotatable bonds is 4. The first-order valence-corrected chi connectivity index (χ1v) is 11.8. The highest BCUT2D eigenvalue weighted by Crippen LogP contribution is 2.37. The zero-order valence-corrected chi connectivity index (χ0v) is 17.7. The summed E-state index contributed by atoms with van der Waals surface area (Å²) in [7, 11) is 0. The zero-order chi connectivity index (χ0) is 19.1. The van der Waals surface area contributed by atoms with Crippen LogP contribution in [0.25, 0.3) is 15.9 Å². The first-order valence-electron chi connectivity index (χ1n) is 10.0. The molecule has 4 nitrogen and oxygen atoms in total. The van der Waals surface area contributed by atoms with E-state index in [1.807, 2.05) is 34.9 Å². The van der Waals surface area contributed by atoms with Gasteiger partial charge in [-0.2, -0.15) is 0 Å². The fraction of sp³-hybridized carbons (Fsp3) is 0.455. The number of aromatic nitrogens is 2. The molecular formula is C22H24N2O2S2. The highest BCUT2D eigenvalue weighted by atomic mass is 32.2. The standard InChI is InChI=1S/C22H24N2O2S2/c1-14-7-8-17-18(11-14)28-20-19(17)21(25)24(16-5-3-2-4-6-16)22(23-20)27-13-15-9-10-26-12-15/h2-6,14-15H,7-13H2,1H3. The van der Waals surface area contributed by atoms with E-state index in [0.717, 1.165) is 65.7 Å². The van der Waals surface area contributed by atoms with Gasteiger partial charge >= 0.3 is 0 Å². The lowest BCUT2D eigenvalue weighted by atomic mass is 9.89. The average molecular weight is 413 g/mol. The molecule has 5 rings (SSSR count). The summed E-state index contributed by atoms with van der Waals surface area (Å²) in [5, 5.41) is 1.66. The molecule has 0 spiro atoms. The molecule has 28 heavy (non-hydrogen) atoms. The van der Waals surface area contributed by atoms with Gasteiger partial charge in [0.05, 0.1) is 17.7 Å². The number of nitrogens with zero attached hydrogens (tertiary/aromatic N) is 2. The monoisotopic (exact) mass is 412 g/mol. The number of thioether (sulfide) groups is 1. The largest absolute Gasteiger partial charge is 0.381 e. The second-order valence-corrected chi connectivity index (χ2v) is 10.0. The van der Waals surface area contributed by atoms with Crippen LogP contribution in [-0.2, 0) is 17.6 Å². The number of para-hydroxylation sites is 1. The van der Waals surface area contributed by atoms with Crippen molar-refractivity contribution >= 4 is 33.3 Å². The molecule has 1 fully saturated rings. The second-order valence-electron chi connectivity index (χ2n) is 7.94. The SMILES string of the molecule is CC1CCc2c(sc3nc(SCC4CCOC4)n(-c4ccccc4)c(=O)c23)C1. The molecule has 0 bridgehead atoms. The summed E-state index contributed by atoms with van der Waals surface area (Å²) in [6, 6.07) is 9.94. The second kappa shape index (κ2) is 7.65. The molecule has 0 amide bonds. The Morgan fingerprint density at radius 1 is 1.29 bits per heavy atom. The van der Waals surface area contributed by atoms with Crippen molar-refractivity contribution in [2.75, 3.05) is 19.0 Å². The lowest BCUT2D eigenvalue weighted by Crippen LogP contribution is -2.23. The maximum Gasteiger partial charge on any atom is 0.267 e. The Balaban J connectivity index is 1.65. The maximum atomic E-state index is 13.7. The van der Waals surface area contributed by atoms with Gasteiger partial charge in [-0.15, -0.1) is 11.3 Å². The molecule has 1 saturated heterocycles. The van der Waals surface area contributed by atoms with Crippen LogP contribution in [0.1, 0.15) is 30.2 Å². The molecule has 3 aromatic rings. The molecule has 2 atom stereocenters. The number of ether oxygens (including phenoxy) is 1. The van der Waals surface area contributed by atoms with Gasteiger partial charge in [-0.05, 0) is 55.2 Å². The first-order chi connectivity index (χ1) is 13.7. The number of fused-ring (bicyclic) bond motifs is 3. The van der Waals surface area contributed by atoms with E-state index in [0.29, 0.717) is 11.8 Å². The Kier molecular flexibility index (Phi) is 5.03. The molecular weight excluding hydrogens is 388 g/mol. The van der Waals surface area contributed by atoms with Crippen LogP contribution in [0.15, 0.2) is 40.3 Å². The molecule has 2 aliphatic rings. The van der Waals surface area contributed by atoms with Gasteiger partial charge in [-0.3, -0.25) is 9.36 Å². The normalized spacial score (nSPS) is 21.9. The highest BCUT2D eigenvalue weighted by Gasteiger charge is 2.25. The van der Waals surface area contributed by atoms with Crippen LogP contribution in [0, 0.1) is 11.8 Å². The van der Waals surface area contributed by atoms with E-state index >= 15 is 0 Å². The van der Waals surface area contributed by atoms with Crippen molar-refractivity contribution in [3.05, 3.63) is 51.1 Å². The molecule has 2 unspecified atom stereocenters. The Labute approximate surface area is 172 Å². The van der Waals surface area contributed by atoms with Gasteiger partial charge in [0.25, 0.3) is 5.56 Å². The van der Waals surface area contributed by atoms with Crippen molar-refractivity contribution in [3.8, 4) is 5.69 Å². The third kappa shape index (κ3) is 3.31. The van der Waals surface area contributed by atoms with Crippen LogP contribution in [0.2, 0.25) is 0 Å². The average Bonchev–Trinajstić information content (AvgIpc) is 3.34. The topological polar surface area (TPSA) is 44.1 Å². The van der Waals surface area contributed by atoms with Crippen LogP contribution < -0.4 is 5.56 Å². The van der Waals surface area contributed by atoms with Crippen molar-refractivity contribution in [1.82, 2.24) is 9.55 Å². The Hall–Kier alpha value is -1.63. The van der Waals surface area contributed by atoms with Gasteiger partial charge < -0.3 is 4.74 Å². The number of benzene rings is 1. The lowest BCUT2D eigenvalue weighted by Gasteiger charge is -2.18. The number of aryl methyl sites for hydroxylation is 1. The van der Waals surface area contributed by atoms with Crippen molar-refractivity contribution in [2.24, 2.45) is 11.8 Å². The number of thiophene rings is 1. The Morgan fingerprint density at radius 2 is 2.14 bits per heavy atom. The predicted molar refractivity (Wildman–Crippen MR) is 116 cm³/mol. The van der Waals surface area contributed by atoms with E-state index in [2.05, 4.69) is 6.92 Å². The predicted octanol–water partition coefficient (Wildman–Crippen LogP) is 4.70. The third-order valence-electron chi connectivity index (χ3n) is 5.79. The van der Waals surface area contributed by atoms with Crippen LogP contribution >= 0.6 is 23.1 Å². The van der Waals surface area contributed by atoms with Crippen molar-refractivity contribution < 1.29 is 4.74 Å². The molecule has 0 saturated carbocycles. The summed E-state index contributed by atoms with van der Waals surface area (Å²) >= 11 is 3.42. The number of hydrogen-bond donors (Lipinski definition) is 0. The minimum Gasteiger partial charge on any atom is -0.381 e. The van der Waals surface area contributed by atoms with E-state index in [-0.39, 0.29) is 5.56 Å². The summed E-state index contributed by atoms with van der Waals surface area (Å²) in [4.78, 5) is 20.9. The van der Waals surface area contributed by atoms with Gasteiger partial charge in [0.15, 0.2) is 5.16 Å². The van der Waals surface area contributed by atoms with Crippen molar-refractivity contribution in [1.29, 1.82) is 0 Å². The molecule has 3 heterocycles. The van der Waals surface area contributed by atoms with Gasteiger partial charge in [0, 0.05) is 17.2 Å². The van der Waals surface area contributed by atoms with Gasteiger partial charge in [-0.25, -0.2) is 4.98 Å². The van der Waals surface area contributed by atoms with Gasteiger partial charge in [-0.1, -0.05) is 36.9 Å². The maximum absolute atomic E-state index is 13.7. The smallest absolute Gasteiger partial charge is 0.267 e. The molecule has 0 N–H and O–H groups in total.